The molecule has 0 spiro atoms. The molecule has 3 atom stereocenters. The summed E-state index contributed by atoms with van der Waals surface area (Å²) in [6, 6.07) is 16.3. The van der Waals surface area contributed by atoms with Crippen LogP contribution in [0.5, 0.6) is 0 Å². The number of imidazole rings is 1. The fraction of sp³-hybridized carbons (Fsp3) is 0.267. The Hall–Kier alpha value is -3.89. The molecule has 10 heteroatoms. The van der Waals surface area contributed by atoms with Gasteiger partial charge in [0.05, 0.1) is 11.4 Å². The zero-order valence-corrected chi connectivity index (χ0v) is 22.6. The van der Waals surface area contributed by atoms with E-state index in [-0.39, 0.29) is 35.0 Å². The third-order valence-corrected chi connectivity index (χ3v) is 9.30. The summed E-state index contributed by atoms with van der Waals surface area (Å²) in [6.07, 6.45) is 5.37. The van der Waals surface area contributed by atoms with Crippen molar-refractivity contribution >= 4 is 21.6 Å². The molecule has 3 aromatic carbocycles. The molecule has 7 nitrogen and oxygen atoms in total. The molecule has 0 bridgehead atoms. The van der Waals surface area contributed by atoms with Crippen LogP contribution in [0.1, 0.15) is 47.3 Å². The Morgan fingerprint density at radius 2 is 1.88 bits per heavy atom. The second kappa shape index (κ2) is 10.3. The van der Waals surface area contributed by atoms with Gasteiger partial charge in [-0.3, -0.25) is 4.79 Å². The van der Waals surface area contributed by atoms with E-state index in [1.807, 2.05) is 42.1 Å². The number of carbonyl (C=O) groups is 1. The van der Waals surface area contributed by atoms with Crippen LogP contribution in [0, 0.1) is 17.6 Å². The lowest BCUT2D eigenvalue weighted by atomic mass is 10.1. The Morgan fingerprint density at radius 1 is 1.07 bits per heavy atom. The zero-order valence-electron chi connectivity index (χ0n) is 21.8. The molecule has 2 aliphatic rings. The third-order valence-electron chi connectivity index (χ3n) is 7.81. The minimum atomic E-state index is -3.89. The molecule has 0 unspecified atom stereocenters. The number of nitrogens with zero attached hydrogens (tertiary/aromatic N) is 3. The fourth-order valence-corrected chi connectivity index (χ4v) is 6.76. The molecule has 2 aliphatic carbocycles. The van der Waals surface area contributed by atoms with E-state index in [2.05, 4.69) is 9.71 Å². The van der Waals surface area contributed by atoms with Gasteiger partial charge in [0.1, 0.15) is 17.5 Å². The van der Waals surface area contributed by atoms with Gasteiger partial charge in [0.25, 0.3) is 0 Å². The van der Waals surface area contributed by atoms with Crippen LogP contribution in [0.15, 0.2) is 84.0 Å². The molecule has 1 N–H and O–H groups in total. The summed E-state index contributed by atoms with van der Waals surface area (Å²) in [6.45, 7) is 0.236. The molecule has 40 heavy (non-hydrogen) atoms. The van der Waals surface area contributed by atoms with Gasteiger partial charge >= 0.3 is 0 Å². The molecule has 1 amide bonds. The highest BCUT2D eigenvalue weighted by Gasteiger charge is 2.46. The number of anilines is 1. The fourth-order valence-electron chi connectivity index (χ4n) is 5.51. The number of hydrogen-bond donors (Lipinski definition) is 1. The molecule has 1 saturated carbocycles. The highest BCUT2D eigenvalue weighted by molar-refractivity contribution is 7.89. The minimum absolute atomic E-state index is 0.0118. The van der Waals surface area contributed by atoms with Crippen molar-refractivity contribution in [1.82, 2.24) is 14.3 Å². The standard InChI is InChI=1S/C30H28F2N4O3S/c1-35-14-13-33-29(35)18-36(30(37)27-17-25(27)20-3-2-4-22(32)15-20)23-9-5-19-6-12-28(26(19)16-23)34-40(38,39)24-10-7-21(31)8-11-24/h2-5,7-11,13-16,25,27-28,34H,6,12,17-18H2,1H3/t25-,27+,28-/m1/s1. The largest absolute Gasteiger partial charge is 0.337 e. The van der Waals surface area contributed by atoms with Crippen LogP contribution in [-0.2, 0) is 34.8 Å². The van der Waals surface area contributed by atoms with Crippen molar-refractivity contribution < 1.29 is 22.0 Å². The number of sulfonamides is 1. The monoisotopic (exact) mass is 562 g/mol. The number of aromatic nitrogens is 2. The first-order chi connectivity index (χ1) is 19.2. The van der Waals surface area contributed by atoms with Crippen LogP contribution >= 0.6 is 0 Å². The Bertz CT molecular complexity index is 1690. The molecule has 0 aliphatic heterocycles. The quantitative estimate of drug-likeness (QED) is 0.328. The number of halogens is 2. The first-order valence-corrected chi connectivity index (χ1v) is 14.6. The number of aryl methyl sites for hydroxylation is 2. The molecule has 1 heterocycles. The molecule has 206 valence electrons. The van der Waals surface area contributed by atoms with Crippen molar-refractivity contribution in [3.05, 3.63) is 113 Å². The molecule has 1 aromatic heterocycles. The zero-order chi connectivity index (χ0) is 28.0. The van der Waals surface area contributed by atoms with Crippen molar-refractivity contribution in [3.8, 4) is 0 Å². The number of benzene rings is 3. The van der Waals surface area contributed by atoms with Gasteiger partial charge in [-0.2, -0.15) is 0 Å². The highest BCUT2D eigenvalue weighted by atomic mass is 32.2. The predicted octanol–water partition coefficient (Wildman–Crippen LogP) is 5.00. The van der Waals surface area contributed by atoms with Gasteiger partial charge in [-0.05, 0) is 90.4 Å². The maximum Gasteiger partial charge on any atom is 0.241 e. The van der Waals surface area contributed by atoms with Gasteiger partial charge in [-0.15, -0.1) is 0 Å². The number of carbonyl (C=O) groups excluding carboxylic acids is 1. The van der Waals surface area contributed by atoms with Gasteiger partial charge < -0.3 is 9.47 Å². The lowest BCUT2D eigenvalue weighted by Crippen LogP contribution is -2.33. The normalized spacial score (nSPS) is 19.8. The SMILES string of the molecule is Cn1ccnc1CN(C(=O)[C@H]1C[C@@H]1c1cccc(F)c1)c1ccc2c(c1)[C@H](NS(=O)(=O)c1ccc(F)cc1)CC2. The first-order valence-electron chi connectivity index (χ1n) is 13.1. The molecule has 4 aromatic rings. The second-order valence-electron chi connectivity index (χ2n) is 10.4. The van der Waals surface area contributed by atoms with Crippen LogP contribution in [0.25, 0.3) is 0 Å². The van der Waals surface area contributed by atoms with E-state index in [9.17, 15) is 22.0 Å². The molecule has 1 fully saturated rings. The number of nitrogens with one attached hydrogen (secondary N) is 1. The smallest absolute Gasteiger partial charge is 0.241 e. The van der Waals surface area contributed by atoms with Crippen LogP contribution in [0.4, 0.5) is 14.5 Å². The number of amides is 1. The van der Waals surface area contributed by atoms with Crippen molar-refractivity contribution in [2.75, 3.05) is 4.90 Å². The van der Waals surface area contributed by atoms with E-state index in [1.54, 1.807) is 17.2 Å². The van der Waals surface area contributed by atoms with Crippen LogP contribution in [0.3, 0.4) is 0 Å². The van der Waals surface area contributed by atoms with Gasteiger partial charge in [-0.1, -0.05) is 18.2 Å². The summed E-state index contributed by atoms with van der Waals surface area (Å²) >= 11 is 0. The van der Waals surface area contributed by atoms with Crippen molar-refractivity contribution in [3.63, 3.8) is 0 Å². The third kappa shape index (κ3) is 5.16. The van der Waals surface area contributed by atoms with Crippen LogP contribution in [-0.4, -0.2) is 23.9 Å². The molecule has 0 saturated heterocycles. The van der Waals surface area contributed by atoms with E-state index < -0.39 is 21.9 Å². The summed E-state index contributed by atoms with van der Waals surface area (Å²) in [5, 5.41) is 0. The van der Waals surface area contributed by atoms with E-state index in [0.29, 0.717) is 30.8 Å². The van der Waals surface area contributed by atoms with Crippen molar-refractivity contribution in [1.29, 1.82) is 0 Å². The average Bonchev–Trinajstić information content (AvgIpc) is 3.50. The van der Waals surface area contributed by atoms with Crippen molar-refractivity contribution in [2.45, 2.75) is 42.7 Å². The van der Waals surface area contributed by atoms with E-state index >= 15 is 0 Å². The summed E-state index contributed by atoms with van der Waals surface area (Å²) in [4.78, 5) is 20.0. The second-order valence-corrected chi connectivity index (χ2v) is 12.1. The van der Waals surface area contributed by atoms with Crippen molar-refractivity contribution in [2.24, 2.45) is 13.0 Å². The van der Waals surface area contributed by atoms with Gasteiger partial charge in [-0.25, -0.2) is 26.9 Å². The lowest BCUT2D eigenvalue weighted by Gasteiger charge is -2.25. The molecular formula is C30H28F2N4O3S. The maximum absolute atomic E-state index is 13.9. The van der Waals surface area contributed by atoms with E-state index in [1.165, 1.54) is 24.3 Å². The Morgan fingerprint density at radius 3 is 2.60 bits per heavy atom. The number of hydrogen-bond acceptors (Lipinski definition) is 4. The Labute approximate surface area is 231 Å². The number of rotatable bonds is 8. The number of fused-ring (bicyclic) bond motifs is 1. The van der Waals surface area contributed by atoms with Gasteiger partial charge in [0.15, 0.2) is 0 Å². The highest BCUT2D eigenvalue weighted by Crippen LogP contribution is 2.49. The summed E-state index contributed by atoms with van der Waals surface area (Å²) in [5.41, 5.74) is 3.26. The minimum Gasteiger partial charge on any atom is -0.337 e. The van der Waals surface area contributed by atoms with E-state index in [4.69, 9.17) is 0 Å². The van der Waals surface area contributed by atoms with E-state index in [0.717, 1.165) is 28.8 Å². The summed E-state index contributed by atoms with van der Waals surface area (Å²) in [7, 11) is -2.02. The summed E-state index contributed by atoms with van der Waals surface area (Å²) in [5.74, 6) is -0.570. The first kappa shape index (κ1) is 26.3. The predicted molar refractivity (Wildman–Crippen MR) is 146 cm³/mol. The Balaban J connectivity index is 1.29. The summed E-state index contributed by atoms with van der Waals surface area (Å²) < 4.78 is 57.9. The lowest BCUT2D eigenvalue weighted by molar-refractivity contribution is -0.120. The van der Waals surface area contributed by atoms with Crippen LogP contribution < -0.4 is 9.62 Å². The van der Waals surface area contributed by atoms with Gasteiger partial charge in [0.2, 0.25) is 15.9 Å². The molecular weight excluding hydrogens is 534 g/mol. The maximum atomic E-state index is 13.9. The Kier molecular flexibility index (Phi) is 6.75. The molecule has 6 rings (SSSR count). The average molecular weight is 563 g/mol. The topological polar surface area (TPSA) is 84.3 Å². The molecule has 0 radical (unpaired) electrons. The van der Waals surface area contributed by atoms with Crippen LogP contribution in [0.2, 0.25) is 0 Å². The van der Waals surface area contributed by atoms with Gasteiger partial charge in [0, 0.05) is 37.1 Å².